The van der Waals surface area contributed by atoms with Crippen LogP contribution in [0.25, 0.3) is 10.8 Å². The molecule has 0 aromatic heterocycles. The zero-order chi connectivity index (χ0) is 18.4. The molecular formula is C18H23NO5S. The van der Waals surface area contributed by atoms with Crippen molar-refractivity contribution < 1.29 is 22.7 Å². The van der Waals surface area contributed by atoms with E-state index in [1.165, 1.54) is 0 Å². The summed E-state index contributed by atoms with van der Waals surface area (Å²) in [6.45, 7) is 2.22. The minimum absolute atomic E-state index is 0.177. The molecule has 6 nitrogen and oxygen atoms in total. The fraction of sp³-hybridized carbons (Fsp3) is 0.389. The van der Waals surface area contributed by atoms with Crippen LogP contribution in [-0.4, -0.2) is 40.9 Å². The number of rotatable bonds is 8. The van der Waals surface area contributed by atoms with Crippen LogP contribution in [0, 0.1) is 0 Å². The smallest absolute Gasteiger partial charge is 0.313 e. The molecular weight excluding hydrogens is 342 g/mol. The highest BCUT2D eigenvalue weighted by molar-refractivity contribution is 7.88. The van der Waals surface area contributed by atoms with Crippen LogP contribution in [0.3, 0.4) is 0 Å². The number of benzene rings is 2. The zero-order valence-electron chi connectivity index (χ0n) is 14.6. The van der Waals surface area contributed by atoms with Crippen molar-refractivity contribution in [2.24, 2.45) is 0 Å². The molecule has 0 radical (unpaired) electrons. The minimum atomic E-state index is -3.21. The Labute approximate surface area is 148 Å². The number of carbonyl (C=O) groups excluding carboxylic acids is 1. The van der Waals surface area contributed by atoms with Crippen molar-refractivity contribution in [3.63, 3.8) is 0 Å². The molecule has 0 amide bonds. The fourth-order valence-electron chi connectivity index (χ4n) is 2.40. The number of carbonyl (C=O) groups is 1. The van der Waals surface area contributed by atoms with E-state index < -0.39 is 15.9 Å². The van der Waals surface area contributed by atoms with Gasteiger partial charge >= 0.3 is 5.97 Å². The molecule has 0 aliphatic rings. The molecule has 2 aromatic rings. The van der Waals surface area contributed by atoms with Gasteiger partial charge < -0.3 is 9.47 Å². The van der Waals surface area contributed by atoms with Crippen LogP contribution in [-0.2, 0) is 19.6 Å². The van der Waals surface area contributed by atoms with E-state index in [-0.39, 0.29) is 19.1 Å². The molecule has 0 saturated carbocycles. The molecule has 7 heteroatoms. The van der Waals surface area contributed by atoms with Gasteiger partial charge in [0.05, 0.1) is 25.9 Å². The summed E-state index contributed by atoms with van der Waals surface area (Å²) in [5.74, 6) is 0.0667. The Bertz CT molecular complexity index is 848. The average molecular weight is 365 g/mol. The summed E-state index contributed by atoms with van der Waals surface area (Å²) in [5.41, 5.74) is 0.872. The van der Waals surface area contributed by atoms with Crippen LogP contribution in [0.1, 0.15) is 24.8 Å². The molecule has 0 spiro atoms. The Morgan fingerprint density at radius 2 is 1.84 bits per heavy atom. The van der Waals surface area contributed by atoms with Crippen molar-refractivity contribution in [3.05, 3.63) is 42.0 Å². The third-order valence-corrected chi connectivity index (χ3v) is 4.58. The maximum absolute atomic E-state index is 12.2. The first-order chi connectivity index (χ1) is 11.8. The topological polar surface area (TPSA) is 81.7 Å². The quantitative estimate of drug-likeness (QED) is 0.574. The van der Waals surface area contributed by atoms with Gasteiger partial charge in [-0.05, 0) is 41.8 Å². The molecule has 1 unspecified atom stereocenters. The van der Waals surface area contributed by atoms with Crippen LogP contribution in [0.15, 0.2) is 36.4 Å². The summed E-state index contributed by atoms with van der Waals surface area (Å²) in [6.07, 6.45) is 1.53. The van der Waals surface area contributed by atoms with E-state index in [2.05, 4.69) is 4.72 Å². The first kappa shape index (κ1) is 19.2. The van der Waals surface area contributed by atoms with Gasteiger partial charge in [-0.1, -0.05) is 24.3 Å². The van der Waals surface area contributed by atoms with Gasteiger partial charge in [0.25, 0.3) is 0 Å². The standard InChI is InChI=1S/C18H23NO5S/c1-13(18(20)24-10-4-9-19-25(3,21)22)14-5-6-16-12-17(23-2)8-7-15(16)11-14/h5-8,11-13,19H,4,9-10H2,1-3H3. The maximum Gasteiger partial charge on any atom is 0.313 e. The van der Waals surface area contributed by atoms with Crippen molar-refractivity contribution in [2.75, 3.05) is 26.5 Å². The van der Waals surface area contributed by atoms with Gasteiger partial charge in [-0.3, -0.25) is 4.79 Å². The molecule has 136 valence electrons. The zero-order valence-corrected chi connectivity index (χ0v) is 15.4. The lowest BCUT2D eigenvalue weighted by molar-refractivity contribution is -0.145. The number of sulfonamides is 1. The molecule has 0 saturated heterocycles. The van der Waals surface area contributed by atoms with Crippen molar-refractivity contribution in [3.8, 4) is 5.75 Å². The molecule has 0 aliphatic carbocycles. The Hall–Kier alpha value is -2.12. The van der Waals surface area contributed by atoms with Gasteiger partial charge in [-0.2, -0.15) is 0 Å². The number of esters is 1. The molecule has 0 heterocycles. The van der Waals surface area contributed by atoms with Gasteiger partial charge in [0.15, 0.2) is 0 Å². The van der Waals surface area contributed by atoms with Crippen LogP contribution >= 0.6 is 0 Å². The van der Waals surface area contributed by atoms with E-state index in [4.69, 9.17) is 9.47 Å². The van der Waals surface area contributed by atoms with E-state index in [0.29, 0.717) is 6.42 Å². The van der Waals surface area contributed by atoms with E-state index in [9.17, 15) is 13.2 Å². The largest absolute Gasteiger partial charge is 0.497 e. The van der Waals surface area contributed by atoms with Gasteiger partial charge in [0.1, 0.15) is 5.75 Å². The van der Waals surface area contributed by atoms with Crippen LogP contribution < -0.4 is 9.46 Å². The predicted octanol–water partition coefficient (Wildman–Crippen LogP) is 2.43. The van der Waals surface area contributed by atoms with Gasteiger partial charge in [-0.15, -0.1) is 0 Å². The molecule has 0 fully saturated rings. The van der Waals surface area contributed by atoms with E-state index in [1.54, 1.807) is 14.0 Å². The summed E-state index contributed by atoms with van der Waals surface area (Å²) in [7, 11) is -1.59. The summed E-state index contributed by atoms with van der Waals surface area (Å²) in [5, 5.41) is 2.06. The second-order valence-corrected chi connectivity index (χ2v) is 7.71. The molecule has 2 rings (SSSR count). The second kappa shape index (κ2) is 8.31. The van der Waals surface area contributed by atoms with Crippen molar-refractivity contribution in [2.45, 2.75) is 19.3 Å². The Kier molecular flexibility index (Phi) is 6.39. The van der Waals surface area contributed by atoms with Gasteiger partial charge in [-0.25, -0.2) is 13.1 Å². The Morgan fingerprint density at radius 1 is 1.16 bits per heavy atom. The third kappa shape index (κ3) is 5.72. The predicted molar refractivity (Wildman–Crippen MR) is 97.3 cm³/mol. The minimum Gasteiger partial charge on any atom is -0.497 e. The molecule has 0 bridgehead atoms. The normalized spacial score (nSPS) is 12.8. The van der Waals surface area contributed by atoms with E-state index >= 15 is 0 Å². The van der Waals surface area contributed by atoms with Gasteiger partial charge in [0.2, 0.25) is 10.0 Å². The van der Waals surface area contributed by atoms with Crippen LogP contribution in [0.4, 0.5) is 0 Å². The summed E-state index contributed by atoms with van der Waals surface area (Å²) >= 11 is 0. The highest BCUT2D eigenvalue weighted by Crippen LogP contribution is 2.25. The number of fused-ring (bicyclic) bond motifs is 1. The Balaban J connectivity index is 1.93. The number of hydrogen-bond donors (Lipinski definition) is 1. The summed E-state index contributed by atoms with van der Waals surface area (Å²) in [6, 6.07) is 11.6. The van der Waals surface area contributed by atoms with E-state index in [1.807, 2.05) is 36.4 Å². The molecule has 1 N–H and O–H groups in total. The lowest BCUT2D eigenvalue weighted by Crippen LogP contribution is -2.24. The van der Waals surface area contributed by atoms with Crippen molar-refractivity contribution >= 4 is 26.8 Å². The SMILES string of the molecule is COc1ccc2cc(C(C)C(=O)OCCCNS(C)(=O)=O)ccc2c1. The first-order valence-electron chi connectivity index (χ1n) is 7.99. The van der Waals surface area contributed by atoms with Crippen LogP contribution in [0.2, 0.25) is 0 Å². The number of nitrogens with one attached hydrogen (secondary N) is 1. The van der Waals surface area contributed by atoms with Crippen LogP contribution in [0.5, 0.6) is 5.75 Å². The summed E-state index contributed by atoms with van der Waals surface area (Å²) < 4.78 is 34.7. The Morgan fingerprint density at radius 3 is 2.52 bits per heavy atom. The molecule has 2 aromatic carbocycles. The third-order valence-electron chi connectivity index (χ3n) is 3.85. The average Bonchev–Trinajstić information content (AvgIpc) is 2.58. The monoisotopic (exact) mass is 365 g/mol. The second-order valence-electron chi connectivity index (χ2n) is 5.88. The highest BCUT2D eigenvalue weighted by atomic mass is 32.2. The highest BCUT2D eigenvalue weighted by Gasteiger charge is 2.17. The van der Waals surface area contributed by atoms with E-state index in [0.717, 1.165) is 28.3 Å². The van der Waals surface area contributed by atoms with Gasteiger partial charge in [0, 0.05) is 6.54 Å². The maximum atomic E-state index is 12.2. The lowest BCUT2D eigenvalue weighted by Gasteiger charge is -2.13. The first-order valence-corrected chi connectivity index (χ1v) is 9.88. The fourth-order valence-corrected chi connectivity index (χ4v) is 2.92. The molecule has 25 heavy (non-hydrogen) atoms. The number of hydrogen-bond acceptors (Lipinski definition) is 5. The lowest BCUT2D eigenvalue weighted by atomic mass is 9.98. The van der Waals surface area contributed by atoms with Crippen molar-refractivity contribution in [1.82, 2.24) is 4.72 Å². The van der Waals surface area contributed by atoms with Crippen molar-refractivity contribution in [1.29, 1.82) is 0 Å². The molecule has 0 aliphatic heterocycles. The number of ether oxygens (including phenoxy) is 2. The number of methoxy groups -OCH3 is 1. The summed E-state index contributed by atoms with van der Waals surface area (Å²) in [4.78, 5) is 12.2. The molecule has 1 atom stereocenters.